The zero-order valence-corrected chi connectivity index (χ0v) is 16.0. The number of hydrogen-bond acceptors (Lipinski definition) is 4. The van der Waals surface area contributed by atoms with Gasteiger partial charge in [0.1, 0.15) is 17.2 Å². The van der Waals surface area contributed by atoms with Crippen LogP contribution in [-0.2, 0) is 4.79 Å². The van der Waals surface area contributed by atoms with E-state index in [-0.39, 0.29) is 5.91 Å². The molecular weight excluding hydrogens is 366 g/mol. The van der Waals surface area contributed by atoms with Gasteiger partial charge in [-0.3, -0.25) is 4.79 Å². The number of methoxy groups -OCH3 is 2. The van der Waals surface area contributed by atoms with Gasteiger partial charge in [-0.1, -0.05) is 35.9 Å². The largest absolute Gasteiger partial charge is 0.497 e. The summed E-state index contributed by atoms with van der Waals surface area (Å²) in [5, 5.41) is 5.18. The molecule has 140 valence electrons. The maximum Gasteiger partial charge on any atom is 0.265 e. The fourth-order valence-electron chi connectivity index (χ4n) is 2.73. The predicted octanol–water partition coefficient (Wildman–Crippen LogP) is 4.92. The molecule has 0 aliphatic heterocycles. The predicted molar refractivity (Wildman–Crippen MR) is 107 cm³/mol. The molecule has 1 amide bonds. The van der Waals surface area contributed by atoms with E-state index in [1.165, 1.54) is 7.11 Å². The first-order valence-electron chi connectivity index (χ1n) is 8.40. The fraction of sp³-hybridized carbons (Fsp3) is 0.190. The molecule has 1 N–H and O–H groups in total. The van der Waals surface area contributed by atoms with E-state index in [1.807, 2.05) is 24.3 Å². The molecule has 0 saturated heterocycles. The standard InChI is InChI=1S/C21H20ClNO4/c1-13(21(24)23-18-12-14(25-2)8-10-20(18)26-3)27-19-11-9-17(22)15-6-4-5-7-16(15)19/h4-13H,1-3H3,(H,23,24)/t13-/m1/s1. The van der Waals surface area contributed by atoms with Gasteiger partial charge in [-0.25, -0.2) is 0 Å². The number of ether oxygens (including phenoxy) is 3. The van der Waals surface area contributed by atoms with Crippen molar-refractivity contribution in [3.63, 3.8) is 0 Å². The van der Waals surface area contributed by atoms with E-state index in [2.05, 4.69) is 5.32 Å². The van der Waals surface area contributed by atoms with Crippen LogP contribution < -0.4 is 19.5 Å². The third kappa shape index (κ3) is 4.09. The Morgan fingerprint density at radius 3 is 2.37 bits per heavy atom. The summed E-state index contributed by atoms with van der Waals surface area (Å²) in [7, 11) is 3.10. The highest BCUT2D eigenvalue weighted by Crippen LogP contribution is 2.32. The Labute approximate surface area is 162 Å². The SMILES string of the molecule is COc1ccc(OC)c(NC(=O)[C@@H](C)Oc2ccc(Cl)c3ccccc23)c1. The highest BCUT2D eigenvalue weighted by atomic mass is 35.5. The van der Waals surface area contributed by atoms with Crippen LogP contribution >= 0.6 is 11.6 Å². The van der Waals surface area contributed by atoms with Crippen molar-refractivity contribution in [2.45, 2.75) is 13.0 Å². The van der Waals surface area contributed by atoms with Crippen LogP contribution in [0.5, 0.6) is 17.2 Å². The first kappa shape index (κ1) is 18.9. The lowest BCUT2D eigenvalue weighted by Gasteiger charge is -2.18. The second-order valence-corrected chi connectivity index (χ2v) is 6.31. The Bertz CT molecular complexity index is 974. The second kappa shape index (κ2) is 8.18. The number of carbonyl (C=O) groups is 1. The molecule has 5 nitrogen and oxygen atoms in total. The van der Waals surface area contributed by atoms with Gasteiger partial charge in [0.25, 0.3) is 5.91 Å². The van der Waals surface area contributed by atoms with E-state index in [9.17, 15) is 4.79 Å². The smallest absolute Gasteiger partial charge is 0.265 e. The molecule has 0 heterocycles. The molecule has 1 atom stereocenters. The molecule has 0 aromatic heterocycles. The number of hydrogen-bond donors (Lipinski definition) is 1. The van der Waals surface area contributed by atoms with Crippen molar-refractivity contribution in [1.29, 1.82) is 0 Å². The Hall–Kier alpha value is -2.92. The molecule has 0 unspecified atom stereocenters. The molecule has 3 aromatic carbocycles. The lowest BCUT2D eigenvalue weighted by Crippen LogP contribution is -2.30. The number of fused-ring (bicyclic) bond motifs is 1. The zero-order chi connectivity index (χ0) is 19.4. The first-order chi connectivity index (χ1) is 13.0. The lowest BCUT2D eigenvalue weighted by molar-refractivity contribution is -0.122. The molecule has 0 radical (unpaired) electrons. The van der Waals surface area contributed by atoms with Crippen molar-refractivity contribution in [2.75, 3.05) is 19.5 Å². The molecule has 0 aliphatic carbocycles. The van der Waals surface area contributed by atoms with Crippen LogP contribution in [0.15, 0.2) is 54.6 Å². The molecule has 0 spiro atoms. The van der Waals surface area contributed by atoms with E-state index in [0.29, 0.717) is 28.0 Å². The minimum Gasteiger partial charge on any atom is -0.497 e. The Kier molecular flexibility index (Phi) is 5.72. The molecule has 6 heteroatoms. The topological polar surface area (TPSA) is 56.8 Å². The Balaban J connectivity index is 1.80. The average molecular weight is 386 g/mol. The summed E-state index contributed by atoms with van der Waals surface area (Å²) in [5.74, 6) is 1.44. The molecule has 0 aliphatic rings. The van der Waals surface area contributed by atoms with Crippen molar-refractivity contribution < 1.29 is 19.0 Å². The molecular formula is C21H20ClNO4. The van der Waals surface area contributed by atoms with E-state index < -0.39 is 6.10 Å². The average Bonchev–Trinajstić information content (AvgIpc) is 2.70. The minimum atomic E-state index is -0.731. The van der Waals surface area contributed by atoms with Gasteiger partial charge in [0.05, 0.1) is 19.9 Å². The van der Waals surface area contributed by atoms with Gasteiger partial charge in [0, 0.05) is 21.9 Å². The number of nitrogens with one attached hydrogen (secondary N) is 1. The quantitative estimate of drug-likeness (QED) is 0.654. The van der Waals surface area contributed by atoms with E-state index in [0.717, 1.165) is 10.8 Å². The Morgan fingerprint density at radius 1 is 0.963 bits per heavy atom. The molecule has 3 aromatic rings. The highest BCUT2D eigenvalue weighted by Gasteiger charge is 2.18. The number of rotatable bonds is 6. The van der Waals surface area contributed by atoms with Crippen LogP contribution in [-0.4, -0.2) is 26.2 Å². The molecule has 0 saturated carbocycles. The maximum absolute atomic E-state index is 12.6. The summed E-state index contributed by atoms with van der Waals surface area (Å²) in [6.45, 7) is 1.69. The van der Waals surface area contributed by atoms with Crippen molar-refractivity contribution in [3.8, 4) is 17.2 Å². The highest BCUT2D eigenvalue weighted by molar-refractivity contribution is 6.35. The summed E-state index contributed by atoms with van der Waals surface area (Å²) in [6, 6.07) is 16.3. The van der Waals surface area contributed by atoms with Crippen LogP contribution in [0.2, 0.25) is 5.02 Å². The monoisotopic (exact) mass is 385 g/mol. The zero-order valence-electron chi connectivity index (χ0n) is 15.3. The summed E-state index contributed by atoms with van der Waals surface area (Å²) in [6.07, 6.45) is -0.731. The number of anilines is 1. The van der Waals surface area contributed by atoms with Crippen LogP contribution in [0.1, 0.15) is 6.92 Å². The van der Waals surface area contributed by atoms with Crippen molar-refractivity contribution in [1.82, 2.24) is 0 Å². The summed E-state index contributed by atoms with van der Waals surface area (Å²) in [4.78, 5) is 12.6. The van der Waals surface area contributed by atoms with Gasteiger partial charge < -0.3 is 19.5 Å². The molecule has 3 rings (SSSR count). The second-order valence-electron chi connectivity index (χ2n) is 5.91. The third-order valence-corrected chi connectivity index (χ3v) is 4.50. The van der Waals surface area contributed by atoms with Gasteiger partial charge in [-0.05, 0) is 31.2 Å². The summed E-state index contributed by atoms with van der Waals surface area (Å²) in [5.41, 5.74) is 0.512. The minimum absolute atomic E-state index is 0.305. The number of halogens is 1. The first-order valence-corrected chi connectivity index (χ1v) is 8.78. The van der Waals surface area contributed by atoms with Crippen LogP contribution in [0.25, 0.3) is 10.8 Å². The van der Waals surface area contributed by atoms with Crippen molar-refractivity contribution >= 4 is 34.0 Å². The van der Waals surface area contributed by atoms with Gasteiger partial charge in [0.2, 0.25) is 0 Å². The normalized spacial score (nSPS) is 11.7. The summed E-state index contributed by atoms with van der Waals surface area (Å²) >= 11 is 6.24. The number of carbonyl (C=O) groups excluding carboxylic acids is 1. The number of amides is 1. The third-order valence-electron chi connectivity index (χ3n) is 4.17. The van der Waals surface area contributed by atoms with E-state index in [4.69, 9.17) is 25.8 Å². The summed E-state index contributed by atoms with van der Waals surface area (Å²) < 4.78 is 16.4. The van der Waals surface area contributed by atoms with E-state index >= 15 is 0 Å². The fourth-order valence-corrected chi connectivity index (χ4v) is 2.96. The maximum atomic E-state index is 12.6. The van der Waals surface area contributed by atoms with Crippen molar-refractivity contribution in [3.05, 3.63) is 59.6 Å². The van der Waals surface area contributed by atoms with E-state index in [1.54, 1.807) is 44.4 Å². The van der Waals surface area contributed by atoms with Gasteiger partial charge >= 0.3 is 0 Å². The Morgan fingerprint density at radius 2 is 1.67 bits per heavy atom. The lowest BCUT2D eigenvalue weighted by atomic mass is 10.1. The van der Waals surface area contributed by atoms with Crippen LogP contribution in [0, 0.1) is 0 Å². The number of benzene rings is 3. The van der Waals surface area contributed by atoms with Crippen molar-refractivity contribution in [2.24, 2.45) is 0 Å². The van der Waals surface area contributed by atoms with Crippen LogP contribution in [0.4, 0.5) is 5.69 Å². The van der Waals surface area contributed by atoms with Gasteiger partial charge in [0.15, 0.2) is 6.10 Å². The van der Waals surface area contributed by atoms with Gasteiger partial charge in [-0.15, -0.1) is 0 Å². The molecule has 0 fully saturated rings. The van der Waals surface area contributed by atoms with Crippen LogP contribution in [0.3, 0.4) is 0 Å². The molecule has 27 heavy (non-hydrogen) atoms. The molecule has 0 bridgehead atoms. The van der Waals surface area contributed by atoms with Gasteiger partial charge in [-0.2, -0.15) is 0 Å².